The van der Waals surface area contributed by atoms with Gasteiger partial charge in [-0.15, -0.1) is 0 Å². The number of rotatable bonds is 8. The van der Waals surface area contributed by atoms with E-state index in [-0.39, 0.29) is 0 Å². The monoisotopic (exact) mass is 476 g/mol. The molecule has 0 radical (unpaired) electrons. The lowest BCUT2D eigenvalue weighted by molar-refractivity contribution is -0.461. The summed E-state index contributed by atoms with van der Waals surface area (Å²) in [6.45, 7) is -0.792. The highest BCUT2D eigenvalue weighted by Crippen LogP contribution is 2.64. The Morgan fingerprint density at radius 1 is 0.483 bits per heavy atom. The summed E-state index contributed by atoms with van der Waals surface area (Å²) in [4.78, 5) is 0. The fraction of sp³-hybridized carbons (Fsp3) is 1.00. The van der Waals surface area contributed by atoms with Gasteiger partial charge in [-0.05, 0) is 0 Å². The molecule has 1 heterocycles. The van der Waals surface area contributed by atoms with Crippen molar-refractivity contribution in [3.63, 3.8) is 0 Å². The standard InChI is InChI=1S/C11H5F17O/c12-4(13,1-3-2-29-3)5(14,15)6(16,17)7(18,19)8(20,21)9(22,23)10(24,25)11(26,27)28/h3H,1-2H2. The maximum atomic E-state index is 13.3. The first-order valence-corrected chi connectivity index (χ1v) is 6.66. The van der Waals surface area contributed by atoms with Gasteiger partial charge in [0.1, 0.15) is 0 Å². The van der Waals surface area contributed by atoms with Crippen LogP contribution in [-0.2, 0) is 4.74 Å². The Kier molecular flexibility index (Phi) is 5.68. The topological polar surface area (TPSA) is 12.5 Å². The summed E-state index contributed by atoms with van der Waals surface area (Å²) in [6, 6.07) is 0. The molecule has 1 saturated heterocycles. The van der Waals surface area contributed by atoms with Gasteiger partial charge >= 0.3 is 47.6 Å². The quantitative estimate of drug-likeness (QED) is 0.320. The van der Waals surface area contributed by atoms with Crippen LogP contribution in [-0.4, -0.2) is 60.3 Å². The van der Waals surface area contributed by atoms with Crippen LogP contribution < -0.4 is 0 Å². The lowest BCUT2D eigenvalue weighted by atomic mass is 9.88. The summed E-state index contributed by atoms with van der Waals surface area (Å²) >= 11 is 0. The van der Waals surface area contributed by atoms with Crippen molar-refractivity contribution in [3.8, 4) is 0 Å². The minimum atomic E-state index is -8.59. The Morgan fingerprint density at radius 3 is 1.03 bits per heavy atom. The number of alkyl halides is 17. The molecule has 0 saturated carbocycles. The first-order chi connectivity index (χ1) is 12.3. The minimum Gasteiger partial charge on any atom is -0.373 e. The fourth-order valence-corrected chi connectivity index (χ4v) is 1.80. The summed E-state index contributed by atoms with van der Waals surface area (Å²) < 4.78 is 223. The van der Waals surface area contributed by atoms with Gasteiger partial charge in [-0.25, -0.2) is 0 Å². The molecule has 1 atom stereocenters. The molecule has 1 aliphatic rings. The van der Waals surface area contributed by atoms with Gasteiger partial charge in [0.15, 0.2) is 0 Å². The van der Waals surface area contributed by atoms with E-state index >= 15 is 0 Å². The molecule has 1 rings (SSSR count). The Hall–Kier alpha value is -1.23. The molecule has 29 heavy (non-hydrogen) atoms. The smallest absolute Gasteiger partial charge is 0.373 e. The maximum absolute atomic E-state index is 13.3. The predicted molar refractivity (Wildman–Crippen MR) is 55.0 cm³/mol. The molecule has 1 aliphatic heterocycles. The van der Waals surface area contributed by atoms with Crippen molar-refractivity contribution in [2.24, 2.45) is 0 Å². The molecular formula is C11H5F17O. The van der Waals surface area contributed by atoms with Gasteiger partial charge in [0.25, 0.3) is 0 Å². The molecule has 0 N–H and O–H groups in total. The normalized spacial score (nSPS) is 20.8. The van der Waals surface area contributed by atoms with Crippen LogP contribution in [0.1, 0.15) is 6.42 Å². The van der Waals surface area contributed by atoms with Gasteiger partial charge in [-0.1, -0.05) is 0 Å². The molecule has 1 unspecified atom stereocenters. The molecule has 0 aliphatic carbocycles. The van der Waals surface area contributed by atoms with Crippen LogP contribution in [0.25, 0.3) is 0 Å². The van der Waals surface area contributed by atoms with E-state index in [9.17, 15) is 74.6 Å². The molecule has 0 spiro atoms. The van der Waals surface area contributed by atoms with Crippen molar-refractivity contribution >= 4 is 0 Å². The second-order valence-corrected chi connectivity index (χ2v) is 5.81. The molecule has 174 valence electrons. The van der Waals surface area contributed by atoms with Crippen LogP contribution in [0.3, 0.4) is 0 Å². The van der Waals surface area contributed by atoms with E-state index in [4.69, 9.17) is 0 Å². The maximum Gasteiger partial charge on any atom is 0.460 e. The summed E-state index contributed by atoms with van der Waals surface area (Å²) in [7, 11) is 0. The van der Waals surface area contributed by atoms with Crippen LogP contribution >= 0.6 is 0 Å². The van der Waals surface area contributed by atoms with E-state index in [2.05, 4.69) is 4.74 Å². The molecule has 1 fully saturated rings. The Balaban J connectivity index is 3.52. The van der Waals surface area contributed by atoms with E-state index in [0.29, 0.717) is 0 Å². The van der Waals surface area contributed by atoms with Gasteiger partial charge in [0, 0.05) is 6.42 Å². The second-order valence-electron chi connectivity index (χ2n) is 5.81. The van der Waals surface area contributed by atoms with E-state index in [0.717, 1.165) is 0 Å². The van der Waals surface area contributed by atoms with E-state index in [1.807, 2.05) is 0 Å². The predicted octanol–water partition coefficient (Wildman–Crippen LogP) is 5.78. The van der Waals surface area contributed by atoms with Crippen molar-refractivity contribution in [2.75, 3.05) is 6.61 Å². The summed E-state index contributed by atoms with van der Waals surface area (Å²) in [5.41, 5.74) is 0. The van der Waals surface area contributed by atoms with Crippen LogP contribution in [0.2, 0.25) is 0 Å². The van der Waals surface area contributed by atoms with Gasteiger partial charge in [0.05, 0.1) is 12.7 Å². The highest BCUT2D eigenvalue weighted by Gasteiger charge is 2.95. The van der Waals surface area contributed by atoms with Gasteiger partial charge in [-0.2, -0.15) is 74.6 Å². The third kappa shape index (κ3) is 3.37. The summed E-state index contributed by atoms with van der Waals surface area (Å²) in [6.07, 6.45) is -12.2. The zero-order valence-electron chi connectivity index (χ0n) is 12.8. The number of hydrogen-bond acceptors (Lipinski definition) is 1. The molecule has 18 heteroatoms. The number of ether oxygens (including phenoxy) is 1. The highest BCUT2D eigenvalue weighted by atomic mass is 19.4. The van der Waals surface area contributed by atoms with Crippen LogP contribution in [0, 0.1) is 0 Å². The molecule has 1 nitrogen and oxygen atoms in total. The van der Waals surface area contributed by atoms with Crippen LogP contribution in [0.4, 0.5) is 74.6 Å². The van der Waals surface area contributed by atoms with Crippen LogP contribution in [0.5, 0.6) is 0 Å². The first-order valence-electron chi connectivity index (χ1n) is 6.66. The lowest BCUT2D eigenvalue weighted by Crippen LogP contribution is -2.74. The van der Waals surface area contributed by atoms with E-state index < -0.39 is 66.8 Å². The first kappa shape index (κ1) is 25.8. The van der Waals surface area contributed by atoms with Gasteiger partial charge in [-0.3, -0.25) is 0 Å². The fourth-order valence-electron chi connectivity index (χ4n) is 1.80. The molecule has 0 amide bonds. The van der Waals surface area contributed by atoms with Crippen molar-refractivity contribution < 1.29 is 79.4 Å². The van der Waals surface area contributed by atoms with E-state index in [1.165, 1.54) is 0 Å². The summed E-state index contributed by atoms with van der Waals surface area (Å²) in [5, 5.41) is 0. The molecule has 0 bridgehead atoms. The van der Waals surface area contributed by atoms with Gasteiger partial charge < -0.3 is 4.74 Å². The third-order valence-electron chi connectivity index (χ3n) is 3.67. The second kappa shape index (κ2) is 6.38. The van der Waals surface area contributed by atoms with E-state index in [1.54, 1.807) is 0 Å². The molecule has 0 aromatic rings. The number of halogens is 17. The largest absolute Gasteiger partial charge is 0.460 e. The minimum absolute atomic E-state index is 0.792. The number of hydrogen-bond donors (Lipinski definition) is 0. The molecule has 0 aromatic carbocycles. The van der Waals surface area contributed by atoms with Crippen LogP contribution in [0.15, 0.2) is 0 Å². The Bertz CT molecular complexity index is 613. The van der Waals surface area contributed by atoms with Crippen molar-refractivity contribution in [3.05, 3.63) is 0 Å². The Morgan fingerprint density at radius 2 is 0.759 bits per heavy atom. The molecule has 0 aromatic heterocycles. The average molecular weight is 476 g/mol. The summed E-state index contributed by atoms with van der Waals surface area (Å²) in [5.74, 6) is -55.9. The average Bonchev–Trinajstić information content (AvgIpc) is 3.27. The lowest BCUT2D eigenvalue weighted by Gasteiger charge is -2.42. The van der Waals surface area contributed by atoms with Crippen molar-refractivity contribution in [2.45, 2.75) is 60.2 Å². The Labute approximate surface area is 147 Å². The van der Waals surface area contributed by atoms with Crippen molar-refractivity contribution in [1.29, 1.82) is 0 Å². The van der Waals surface area contributed by atoms with Crippen molar-refractivity contribution in [1.82, 2.24) is 0 Å². The number of epoxide rings is 1. The third-order valence-corrected chi connectivity index (χ3v) is 3.67. The zero-order chi connectivity index (χ0) is 23.7. The zero-order valence-corrected chi connectivity index (χ0v) is 12.8. The van der Waals surface area contributed by atoms with Gasteiger partial charge in [0.2, 0.25) is 0 Å². The molecular weight excluding hydrogens is 471 g/mol. The highest BCUT2D eigenvalue weighted by molar-refractivity contribution is 5.15. The SMILES string of the molecule is FC(F)(F)C(F)(F)C(F)(F)C(F)(F)C(F)(F)C(F)(F)C(F)(F)C(F)(F)CC1CO1.